The molecule has 0 bridgehead atoms. The van der Waals surface area contributed by atoms with E-state index in [-0.39, 0.29) is 0 Å². The van der Waals surface area contributed by atoms with Crippen LogP contribution in [0.25, 0.3) is 55.8 Å². The first-order chi connectivity index (χ1) is 23.3. The standard InChI is InChI=1S/C44H31N3/c1-4-15-32(16-5-1)36-21-14-22-38(31-36)47(42-26-13-10-23-39(42)33-17-6-2-7-18-33)37-29-27-35(28-30-37)44-43(34-19-8-3-9-20-34)45-40-24-11-12-25-41(40)46-44/h1-31H. The van der Waals surface area contributed by atoms with Crippen LogP contribution in [-0.4, -0.2) is 9.97 Å². The first-order valence-corrected chi connectivity index (χ1v) is 15.8. The van der Waals surface area contributed by atoms with Gasteiger partial charge in [-0.25, -0.2) is 9.97 Å². The van der Waals surface area contributed by atoms with E-state index in [0.29, 0.717) is 0 Å². The van der Waals surface area contributed by atoms with Crippen molar-refractivity contribution >= 4 is 28.1 Å². The zero-order valence-electron chi connectivity index (χ0n) is 25.7. The van der Waals surface area contributed by atoms with E-state index in [1.54, 1.807) is 0 Å². The Morgan fingerprint density at radius 2 is 0.809 bits per heavy atom. The smallest absolute Gasteiger partial charge is 0.0973 e. The third-order valence-corrected chi connectivity index (χ3v) is 8.46. The lowest BCUT2D eigenvalue weighted by molar-refractivity contribution is 1.27. The van der Waals surface area contributed by atoms with Crippen molar-refractivity contribution < 1.29 is 0 Å². The highest BCUT2D eigenvalue weighted by Crippen LogP contribution is 2.42. The van der Waals surface area contributed by atoms with Gasteiger partial charge in [-0.15, -0.1) is 0 Å². The summed E-state index contributed by atoms with van der Waals surface area (Å²) in [5, 5.41) is 0. The van der Waals surface area contributed by atoms with E-state index in [9.17, 15) is 0 Å². The van der Waals surface area contributed by atoms with E-state index >= 15 is 0 Å². The van der Waals surface area contributed by atoms with Gasteiger partial charge in [0.2, 0.25) is 0 Å². The second-order valence-corrected chi connectivity index (χ2v) is 11.5. The number of hydrogen-bond acceptors (Lipinski definition) is 3. The summed E-state index contributed by atoms with van der Waals surface area (Å²) in [6, 6.07) is 65.6. The van der Waals surface area contributed by atoms with Crippen LogP contribution in [-0.2, 0) is 0 Å². The van der Waals surface area contributed by atoms with Gasteiger partial charge in [0, 0.05) is 28.1 Å². The first kappa shape index (κ1) is 28.2. The number of fused-ring (bicyclic) bond motifs is 1. The summed E-state index contributed by atoms with van der Waals surface area (Å²) in [5.74, 6) is 0. The fourth-order valence-corrected chi connectivity index (χ4v) is 6.18. The molecule has 0 fully saturated rings. The molecule has 7 aromatic carbocycles. The lowest BCUT2D eigenvalue weighted by Gasteiger charge is -2.28. The molecule has 0 atom stereocenters. The van der Waals surface area contributed by atoms with Gasteiger partial charge in [0.25, 0.3) is 0 Å². The van der Waals surface area contributed by atoms with Crippen LogP contribution in [0.5, 0.6) is 0 Å². The molecule has 0 radical (unpaired) electrons. The highest BCUT2D eigenvalue weighted by Gasteiger charge is 2.19. The van der Waals surface area contributed by atoms with Gasteiger partial charge < -0.3 is 4.90 Å². The minimum absolute atomic E-state index is 0.865. The van der Waals surface area contributed by atoms with Crippen molar-refractivity contribution in [1.29, 1.82) is 0 Å². The summed E-state index contributed by atoms with van der Waals surface area (Å²) >= 11 is 0. The van der Waals surface area contributed by atoms with Crippen LogP contribution >= 0.6 is 0 Å². The molecular weight excluding hydrogens is 571 g/mol. The molecule has 1 heterocycles. The molecule has 8 rings (SSSR count). The van der Waals surface area contributed by atoms with Gasteiger partial charge in [-0.05, 0) is 59.2 Å². The van der Waals surface area contributed by atoms with E-state index in [1.807, 2.05) is 42.5 Å². The molecule has 0 aliphatic carbocycles. The van der Waals surface area contributed by atoms with Crippen molar-refractivity contribution in [3.63, 3.8) is 0 Å². The van der Waals surface area contributed by atoms with Crippen molar-refractivity contribution in [3.8, 4) is 44.8 Å². The Hall–Kier alpha value is -6.32. The Morgan fingerprint density at radius 1 is 0.319 bits per heavy atom. The fraction of sp³-hybridized carbons (Fsp3) is 0. The number of nitrogens with zero attached hydrogens (tertiary/aromatic N) is 3. The number of benzene rings is 7. The number of aromatic nitrogens is 2. The van der Waals surface area contributed by atoms with Crippen LogP contribution in [0.4, 0.5) is 17.1 Å². The Labute approximate surface area is 275 Å². The Bertz CT molecular complexity index is 2280. The zero-order valence-corrected chi connectivity index (χ0v) is 25.7. The summed E-state index contributed by atoms with van der Waals surface area (Å²) in [4.78, 5) is 12.6. The van der Waals surface area contributed by atoms with Crippen LogP contribution < -0.4 is 4.90 Å². The number of anilines is 3. The maximum Gasteiger partial charge on any atom is 0.0973 e. The van der Waals surface area contributed by atoms with Crippen LogP contribution in [0, 0.1) is 0 Å². The molecule has 0 aliphatic heterocycles. The quantitative estimate of drug-likeness (QED) is 0.182. The third-order valence-electron chi connectivity index (χ3n) is 8.46. The highest BCUT2D eigenvalue weighted by atomic mass is 15.1. The van der Waals surface area contributed by atoms with E-state index in [4.69, 9.17) is 9.97 Å². The van der Waals surface area contributed by atoms with Gasteiger partial charge in [-0.1, -0.05) is 146 Å². The van der Waals surface area contributed by atoms with Gasteiger partial charge >= 0.3 is 0 Å². The highest BCUT2D eigenvalue weighted by molar-refractivity contribution is 5.91. The SMILES string of the molecule is c1ccc(-c2cccc(N(c3ccc(-c4nc5ccccc5nc4-c4ccccc4)cc3)c3ccccc3-c3ccccc3)c2)cc1. The number of hydrogen-bond donors (Lipinski definition) is 0. The minimum Gasteiger partial charge on any atom is -0.310 e. The average molecular weight is 602 g/mol. The molecule has 0 unspecified atom stereocenters. The Morgan fingerprint density at radius 3 is 1.45 bits per heavy atom. The second kappa shape index (κ2) is 12.6. The molecule has 0 aliphatic rings. The van der Waals surface area contributed by atoms with Crippen molar-refractivity contribution in [1.82, 2.24) is 9.97 Å². The predicted octanol–water partition coefficient (Wildman–Crippen LogP) is 11.8. The molecule has 0 saturated carbocycles. The Kier molecular flexibility index (Phi) is 7.54. The van der Waals surface area contributed by atoms with E-state index in [2.05, 4.69) is 150 Å². The molecule has 8 aromatic rings. The number of rotatable bonds is 7. The lowest BCUT2D eigenvalue weighted by atomic mass is 10.00. The molecular formula is C44H31N3. The van der Waals surface area contributed by atoms with Crippen LogP contribution in [0.15, 0.2) is 188 Å². The van der Waals surface area contributed by atoms with Gasteiger partial charge in [0.1, 0.15) is 0 Å². The lowest BCUT2D eigenvalue weighted by Crippen LogP contribution is -2.11. The van der Waals surface area contributed by atoms with E-state index < -0.39 is 0 Å². The fourth-order valence-electron chi connectivity index (χ4n) is 6.18. The van der Waals surface area contributed by atoms with Crippen LogP contribution in [0.3, 0.4) is 0 Å². The summed E-state index contributed by atoms with van der Waals surface area (Å²) < 4.78 is 0. The average Bonchev–Trinajstić information content (AvgIpc) is 3.16. The first-order valence-electron chi connectivity index (χ1n) is 15.8. The van der Waals surface area contributed by atoms with Crippen LogP contribution in [0.2, 0.25) is 0 Å². The molecule has 222 valence electrons. The second-order valence-electron chi connectivity index (χ2n) is 11.5. The molecule has 0 spiro atoms. The van der Waals surface area contributed by atoms with E-state index in [1.165, 1.54) is 16.7 Å². The third kappa shape index (κ3) is 5.67. The molecule has 0 N–H and O–H groups in total. The van der Waals surface area contributed by atoms with Crippen molar-refractivity contribution in [2.75, 3.05) is 4.90 Å². The van der Waals surface area contributed by atoms with Crippen molar-refractivity contribution in [2.24, 2.45) is 0 Å². The van der Waals surface area contributed by atoms with Gasteiger partial charge in [-0.3, -0.25) is 0 Å². The summed E-state index contributed by atoms with van der Waals surface area (Å²) in [6.45, 7) is 0. The molecule has 3 heteroatoms. The van der Waals surface area contributed by atoms with Crippen molar-refractivity contribution in [2.45, 2.75) is 0 Å². The topological polar surface area (TPSA) is 29.0 Å². The monoisotopic (exact) mass is 601 g/mol. The summed E-state index contributed by atoms with van der Waals surface area (Å²) in [6.07, 6.45) is 0. The maximum atomic E-state index is 5.14. The maximum absolute atomic E-state index is 5.14. The van der Waals surface area contributed by atoms with Gasteiger partial charge in [0.15, 0.2) is 0 Å². The molecule has 3 nitrogen and oxygen atoms in total. The molecule has 1 aromatic heterocycles. The van der Waals surface area contributed by atoms with Gasteiger partial charge in [-0.2, -0.15) is 0 Å². The summed E-state index contributed by atoms with van der Waals surface area (Å²) in [7, 11) is 0. The molecule has 47 heavy (non-hydrogen) atoms. The van der Waals surface area contributed by atoms with Crippen LogP contribution in [0.1, 0.15) is 0 Å². The zero-order chi connectivity index (χ0) is 31.4. The van der Waals surface area contributed by atoms with Gasteiger partial charge in [0.05, 0.1) is 28.1 Å². The van der Waals surface area contributed by atoms with Crippen molar-refractivity contribution in [3.05, 3.63) is 188 Å². The molecule has 0 saturated heterocycles. The minimum atomic E-state index is 0.865. The van der Waals surface area contributed by atoms with E-state index in [0.717, 1.165) is 56.2 Å². The predicted molar refractivity (Wildman–Crippen MR) is 196 cm³/mol. The largest absolute Gasteiger partial charge is 0.310 e. The number of para-hydroxylation sites is 3. The summed E-state index contributed by atoms with van der Waals surface area (Å²) in [5.41, 5.74) is 13.5. The molecule has 0 amide bonds. The normalized spacial score (nSPS) is 11.0. The Balaban J connectivity index is 1.29.